The maximum Gasteiger partial charge on any atom is 0.326 e. The number of hydrogen-bond donors (Lipinski definition) is 9. The number of nitrogens with two attached hydrogens (primary N) is 2. The van der Waals surface area contributed by atoms with E-state index in [1.165, 1.54) is 18.3 Å². The Labute approximate surface area is 268 Å². The molecule has 3 amide bonds. The normalized spacial score (nSPS) is 12.1. The average Bonchev–Trinajstić information content (AvgIpc) is 3.03. The third kappa shape index (κ3) is 11.7. The summed E-state index contributed by atoms with van der Waals surface area (Å²) in [4.78, 5) is 86.7. The van der Waals surface area contributed by atoms with Crippen LogP contribution in [0.2, 0.25) is 0 Å². The number of rotatable bonds is 19. The summed E-state index contributed by atoms with van der Waals surface area (Å²) in [6.45, 7) is 0.759. The Morgan fingerprint density at radius 3 is 2.26 bits per heavy atom. The Kier molecular flexibility index (Phi) is 13.5. The lowest BCUT2D eigenvalue weighted by atomic mass is 10.1. The first kappa shape index (κ1) is 35.8. The van der Waals surface area contributed by atoms with Crippen LogP contribution in [0.5, 0.6) is 0 Å². The Morgan fingerprint density at radius 2 is 1.57 bits per heavy atom. The molecule has 1 aromatic carbocycles. The third-order valence-electron chi connectivity index (χ3n) is 6.85. The van der Waals surface area contributed by atoms with Crippen LogP contribution in [0, 0.1) is 0 Å². The van der Waals surface area contributed by atoms with Gasteiger partial charge in [0.15, 0.2) is 11.2 Å². The van der Waals surface area contributed by atoms with Crippen LogP contribution in [0.3, 0.4) is 0 Å². The van der Waals surface area contributed by atoms with Crippen LogP contribution in [0.4, 0.5) is 11.6 Å². The van der Waals surface area contributed by atoms with Crippen molar-refractivity contribution in [3.8, 4) is 0 Å². The van der Waals surface area contributed by atoms with E-state index in [1.54, 1.807) is 12.1 Å². The molecule has 0 radical (unpaired) electrons. The summed E-state index contributed by atoms with van der Waals surface area (Å²) in [5.74, 6) is -4.08. The van der Waals surface area contributed by atoms with Crippen LogP contribution < -0.4 is 38.3 Å². The number of carbonyl (C=O) groups excluding carboxylic acids is 3. The molecule has 0 saturated carbocycles. The number of aromatic nitrogens is 4. The number of carbonyl (C=O) groups is 5. The molecule has 3 aromatic rings. The quantitative estimate of drug-likeness (QED) is 0.0734. The van der Waals surface area contributed by atoms with E-state index in [0.717, 1.165) is 0 Å². The van der Waals surface area contributed by atoms with Gasteiger partial charge < -0.3 is 42.9 Å². The lowest BCUT2D eigenvalue weighted by molar-refractivity contribution is -0.142. The Hall–Kier alpha value is -5.65. The number of carboxylic acids is 2. The third-order valence-corrected chi connectivity index (χ3v) is 6.85. The fourth-order valence-corrected chi connectivity index (χ4v) is 4.34. The number of hydrogen-bond acceptors (Lipinski definition) is 12. The van der Waals surface area contributed by atoms with E-state index in [4.69, 9.17) is 11.5 Å². The monoisotopic (exact) mass is 654 g/mol. The van der Waals surface area contributed by atoms with Crippen molar-refractivity contribution < 1.29 is 34.2 Å². The molecule has 0 spiro atoms. The number of H-pyrrole nitrogens is 1. The van der Waals surface area contributed by atoms with Crippen LogP contribution in [-0.2, 0) is 25.7 Å². The van der Waals surface area contributed by atoms with Crippen molar-refractivity contribution in [2.24, 2.45) is 5.73 Å². The summed E-state index contributed by atoms with van der Waals surface area (Å²) in [5.41, 5.74) is 11.8. The predicted octanol–water partition coefficient (Wildman–Crippen LogP) is -0.535. The molecular formula is C29H38N10O8. The summed E-state index contributed by atoms with van der Waals surface area (Å²) >= 11 is 0. The summed E-state index contributed by atoms with van der Waals surface area (Å²) in [7, 11) is 0. The molecule has 2 heterocycles. The van der Waals surface area contributed by atoms with Gasteiger partial charge in [-0.2, -0.15) is 4.98 Å². The summed E-state index contributed by atoms with van der Waals surface area (Å²) in [6, 6.07) is 3.84. The molecule has 252 valence electrons. The number of aliphatic carboxylic acids is 2. The second kappa shape index (κ2) is 17.7. The summed E-state index contributed by atoms with van der Waals surface area (Å²) < 4.78 is 0. The largest absolute Gasteiger partial charge is 0.480 e. The number of nitrogens with zero attached hydrogens (tertiary/aromatic N) is 3. The van der Waals surface area contributed by atoms with E-state index in [0.29, 0.717) is 30.8 Å². The van der Waals surface area contributed by atoms with Gasteiger partial charge in [-0.3, -0.25) is 24.2 Å². The molecule has 0 aliphatic rings. The number of fused-ring (bicyclic) bond motifs is 1. The molecule has 0 bridgehead atoms. The maximum absolute atomic E-state index is 12.7. The molecular weight excluding hydrogens is 616 g/mol. The van der Waals surface area contributed by atoms with Gasteiger partial charge in [0.25, 0.3) is 11.5 Å². The standard InChI is InChI=1S/C29H38N10O8/c30-12-2-1-4-19(27(44)45)36-22(41)5-3-13-32-21(40)11-10-20(28(46)47)37-25(42)16-6-8-17(9-7-16)33-14-18-15-34-24-23(35-18)26(43)39-29(31)38-24/h6-9,15,19-20,33H,1-5,10-14,30H2,(H,32,40)(H,36,41)(H,37,42)(H,44,45)(H,46,47)(H3,31,34,38,39,43). The van der Waals surface area contributed by atoms with Crippen molar-refractivity contribution in [3.05, 3.63) is 52.1 Å². The van der Waals surface area contributed by atoms with Crippen LogP contribution in [-0.4, -0.2) is 85.0 Å². The Balaban J connectivity index is 1.40. The van der Waals surface area contributed by atoms with Gasteiger partial charge in [0.05, 0.1) is 18.4 Å². The molecule has 11 N–H and O–H groups in total. The first-order valence-electron chi connectivity index (χ1n) is 14.8. The highest BCUT2D eigenvalue weighted by Gasteiger charge is 2.22. The van der Waals surface area contributed by atoms with E-state index < -0.39 is 47.3 Å². The number of nitrogens with one attached hydrogen (secondary N) is 5. The van der Waals surface area contributed by atoms with Gasteiger partial charge in [-0.15, -0.1) is 0 Å². The fourth-order valence-electron chi connectivity index (χ4n) is 4.34. The van der Waals surface area contributed by atoms with E-state index in [2.05, 4.69) is 41.2 Å². The molecule has 18 heteroatoms. The highest BCUT2D eigenvalue weighted by molar-refractivity contribution is 5.97. The molecule has 3 rings (SSSR count). The van der Waals surface area contributed by atoms with Crippen LogP contribution >= 0.6 is 0 Å². The Morgan fingerprint density at radius 1 is 0.872 bits per heavy atom. The molecule has 0 saturated heterocycles. The van der Waals surface area contributed by atoms with Crippen LogP contribution in [0.25, 0.3) is 11.2 Å². The number of carboxylic acid groups (broad SMARTS) is 2. The SMILES string of the molecule is NCCCCC(NC(=O)CCCNC(=O)CCC(NC(=O)c1ccc(NCc2cnc3nc(N)[nH]c(=O)c3n2)cc1)C(=O)O)C(=O)O. The lowest BCUT2D eigenvalue weighted by Gasteiger charge is -2.15. The molecule has 2 aromatic heterocycles. The number of nitrogen functional groups attached to an aromatic ring is 1. The van der Waals surface area contributed by atoms with E-state index in [1.807, 2.05) is 0 Å². The van der Waals surface area contributed by atoms with Gasteiger partial charge in [-0.25, -0.2) is 19.6 Å². The first-order valence-corrected chi connectivity index (χ1v) is 14.8. The Bertz CT molecular complexity index is 1630. The number of anilines is 2. The van der Waals surface area contributed by atoms with Gasteiger partial charge in [0.2, 0.25) is 17.8 Å². The van der Waals surface area contributed by atoms with E-state index in [-0.39, 0.29) is 67.9 Å². The van der Waals surface area contributed by atoms with Gasteiger partial charge in [0, 0.05) is 30.6 Å². The minimum Gasteiger partial charge on any atom is -0.480 e. The predicted molar refractivity (Wildman–Crippen MR) is 169 cm³/mol. The minimum absolute atomic E-state index is 0.00459. The molecule has 2 unspecified atom stereocenters. The zero-order chi connectivity index (χ0) is 34.3. The van der Waals surface area contributed by atoms with Crippen LogP contribution in [0.15, 0.2) is 35.3 Å². The molecule has 0 aliphatic carbocycles. The molecule has 47 heavy (non-hydrogen) atoms. The summed E-state index contributed by atoms with van der Waals surface area (Å²) in [5, 5.41) is 29.3. The van der Waals surface area contributed by atoms with Gasteiger partial charge >= 0.3 is 11.9 Å². The van der Waals surface area contributed by atoms with E-state index in [9.17, 15) is 39.0 Å². The number of benzene rings is 1. The molecule has 2 atom stereocenters. The van der Waals surface area contributed by atoms with Gasteiger partial charge in [0.1, 0.15) is 12.1 Å². The number of unbranched alkanes of at least 4 members (excludes halogenated alkanes) is 1. The molecule has 18 nitrogen and oxygen atoms in total. The van der Waals surface area contributed by atoms with E-state index >= 15 is 0 Å². The molecule has 0 fully saturated rings. The van der Waals surface area contributed by atoms with Crippen molar-refractivity contribution in [1.29, 1.82) is 0 Å². The fraction of sp³-hybridized carbons (Fsp3) is 0.414. The lowest BCUT2D eigenvalue weighted by Crippen LogP contribution is -2.42. The second-order valence-electron chi connectivity index (χ2n) is 10.5. The van der Waals surface area contributed by atoms with Crippen molar-refractivity contribution >= 4 is 52.5 Å². The topological polar surface area (TPSA) is 298 Å². The maximum atomic E-state index is 12.7. The first-order chi connectivity index (χ1) is 22.5. The minimum atomic E-state index is -1.33. The highest BCUT2D eigenvalue weighted by atomic mass is 16.4. The summed E-state index contributed by atoms with van der Waals surface area (Å²) in [6.07, 6.45) is 2.80. The number of aromatic amines is 1. The second-order valence-corrected chi connectivity index (χ2v) is 10.5. The zero-order valence-corrected chi connectivity index (χ0v) is 25.5. The zero-order valence-electron chi connectivity index (χ0n) is 25.5. The van der Waals surface area contributed by atoms with Crippen molar-refractivity contribution in [2.75, 3.05) is 24.1 Å². The van der Waals surface area contributed by atoms with Crippen molar-refractivity contribution in [1.82, 2.24) is 35.9 Å². The van der Waals surface area contributed by atoms with Gasteiger partial charge in [-0.1, -0.05) is 0 Å². The van der Waals surface area contributed by atoms with Crippen LogP contribution in [0.1, 0.15) is 61.0 Å². The highest BCUT2D eigenvalue weighted by Crippen LogP contribution is 2.12. The molecule has 0 aliphatic heterocycles. The van der Waals surface area contributed by atoms with Gasteiger partial charge in [-0.05, 0) is 62.9 Å². The van der Waals surface area contributed by atoms with Crippen molar-refractivity contribution in [3.63, 3.8) is 0 Å². The van der Waals surface area contributed by atoms with Crippen molar-refractivity contribution in [2.45, 2.75) is 63.6 Å². The smallest absolute Gasteiger partial charge is 0.326 e. The average molecular weight is 655 g/mol. The number of amides is 3.